The van der Waals surface area contributed by atoms with Gasteiger partial charge in [0, 0.05) is 43.9 Å². The molecule has 2 aliphatic heterocycles. The monoisotopic (exact) mass is 393 g/mol. The number of halogens is 1. The summed E-state index contributed by atoms with van der Waals surface area (Å²) in [5, 5.41) is 3.94. The highest BCUT2D eigenvalue weighted by Gasteiger charge is 2.42. The Morgan fingerprint density at radius 1 is 1.07 bits per heavy atom. The summed E-state index contributed by atoms with van der Waals surface area (Å²) in [6.45, 7) is 4.59. The molecule has 2 fully saturated rings. The van der Waals surface area contributed by atoms with E-state index in [0.29, 0.717) is 43.4 Å². The predicted octanol–water partition coefficient (Wildman–Crippen LogP) is 2.03. The van der Waals surface area contributed by atoms with Gasteiger partial charge in [-0.25, -0.2) is 0 Å². The normalized spacial score (nSPS) is 20.2. The molecule has 0 aliphatic carbocycles. The Morgan fingerprint density at radius 3 is 2.37 bits per heavy atom. The van der Waals surface area contributed by atoms with Crippen LogP contribution in [-0.4, -0.2) is 74.6 Å². The first kappa shape index (κ1) is 20.1. The second-order valence-corrected chi connectivity index (χ2v) is 7.84. The molecule has 0 spiro atoms. The Bertz CT molecular complexity index is 653. The summed E-state index contributed by atoms with van der Waals surface area (Å²) in [4.78, 5) is 29.8. The van der Waals surface area contributed by atoms with Crippen LogP contribution in [0, 0.1) is 5.41 Å². The van der Waals surface area contributed by atoms with Crippen LogP contribution in [-0.2, 0) is 9.53 Å². The largest absolute Gasteiger partial charge is 0.384 e. The molecule has 6 nitrogen and oxygen atoms in total. The van der Waals surface area contributed by atoms with Gasteiger partial charge in [0.2, 0.25) is 5.91 Å². The summed E-state index contributed by atoms with van der Waals surface area (Å²) >= 11 is 5.91. The third-order valence-electron chi connectivity index (χ3n) is 5.60. The number of methoxy groups -OCH3 is 1. The Morgan fingerprint density at radius 2 is 1.70 bits per heavy atom. The van der Waals surface area contributed by atoms with Crippen LogP contribution >= 0.6 is 11.6 Å². The highest BCUT2D eigenvalue weighted by Crippen LogP contribution is 2.32. The van der Waals surface area contributed by atoms with E-state index in [1.807, 2.05) is 9.80 Å². The van der Waals surface area contributed by atoms with Crippen LogP contribution in [0.15, 0.2) is 24.3 Å². The molecule has 2 amide bonds. The summed E-state index contributed by atoms with van der Waals surface area (Å²) in [5.74, 6) is 0.168. The first-order chi connectivity index (χ1) is 13.1. The zero-order valence-electron chi connectivity index (χ0n) is 15.9. The van der Waals surface area contributed by atoms with Crippen LogP contribution in [0.4, 0.5) is 0 Å². The maximum atomic E-state index is 13.3. The molecule has 1 N–H and O–H groups in total. The van der Waals surface area contributed by atoms with Crippen molar-refractivity contribution in [1.82, 2.24) is 15.1 Å². The van der Waals surface area contributed by atoms with Gasteiger partial charge in [0.05, 0.1) is 12.0 Å². The van der Waals surface area contributed by atoms with Crippen molar-refractivity contribution in [3.8, 4) is 0 Å². The van der Waals surface area contributed by atoms with Crippen LogP contribution in [0.2, 0.25) is 5.02 Å². The number of benzene rings is 1. The number of rotatable bonds is 4. The van der Waals surface area contributed by atoms with Gasteiger partial charge in [0.15, 0.2) is 0 Å². The lowest BCUT2D eigenvalue weighted by Gasteiger charge is -2.39. The third-order valence-corrected chi connectivity index (χ3v) is 5.85. The van der Waals surface area contributed by atoms with Gasteiger partial charge in [-0.3, -0.25) is 9.59 Å². The Hall–Kier alpha value is -1.63. The van der Waals surface area contributed by atoms with E-state index in [4.69, 9.17) is 16.3 Å². The summed E-state index contributed by atoms with van der Waals surface area (Å²) < 4.78 is 5.40. The zero-order chi connectivity index (χ0) is 19.3. The lowest BCUT2D eigenvalue weighted by atomic mass is 9.78. The number of hydrogen-bond donors (Lipinski definition) is 1. The second kappa shape index (κ2) is 9.04. The molecule has 2 aliphatic rings. The highest BCUT2D eigenvalue weighted by atomic mass is 35.5. The van der Waals surface area contributed by atoms with Gasteiger partial charge >= 0.3 is 0 Å². The molecule has 148 valence electrons. The van der Waals surface area contributed by atoms with Gasteiger partial charge in [0.25, 0.3) is 5.91 Å². The average molecular weight is 394 g/mol. The standard InChI is InChI=1S/C20H28ClN3O3/c1-27-15-20(7-9-22-10-8-20)19(26)24-12-2-11-23(13-14-24)18(25)16-3-5-17(21)6-4-16/h3-6,22H,2,7-15H2,1H3. The fraction of sp³-hybridized carbons (Fsp3) is 0.600. The fourth-order valence-corrected chi connectivity index (χ4v) is 4.16. The molecule has 2 heterocycles. The van der Waals surface area contributed by atoms with Crippen molar-refractivity contribution in [3.05, 3.63) is 34.9 Å². The van der Waals surface area contributed by atoms with Crippen molar-refractivity contribution in [3.63, 3.8) is 0 Å². The molecule has 2 saturated heterocycles. The van der Waals surface area contributed by atoms with Crippen LogP contribution in [0.25, 0.3) is 0 Å². The van der Waals surface area contributed by atoms with Crippen molar-refractivity contribution < 1.29 is 14.3 Å². The predicted molar refractivity (Wildman–Crippen MR) is 105 cm³/mol. The van der Waals surface area contributed by atoms with Gasteiger partial charge in [-0.15, -0.1) is 0 Å². The molecule has 0 bridgehead atoms. The number of amides is 2. The fourth-order valence-electron chi connectivity index (χ4n) is 4.04. The topological polar surface area (TPSA) is 61.9 Å². The van der Waals surface area contributed by atoms with Crippen LogP contribution < -0.4 is 5.32 Å². The third kappa shape index (κ3) is 4.62. The molecule has 0 saturated carbocycles. The molecule has 3 rings (SSSR count). The molecule has 0 aromatic heterocycles. The van der Waals surface area contributed by atoms with E-state index in [1.165, 1.54) is 0 Å². The molecule has 0 atom stereocenters. The maximum absolute atomic E-state index is 13.3. The number of carbonyl (C=O) groups is 2. The van der Waals surface area contributed by atoms with Crippen molar-refractivity contribution in [2.75, 3.05) is 53.0 Å². The molecular formula is C20H28ClN3O3. The van der Waals surface area contributed by atoms with Crippen LogP contribution in [0.5, 0.6) is 0 Å². The minimum Gasteiger partial charge on any atom is -0.384 e. The van der Waals surface area contributed by atoms with E-state index in [-0.39, 0.29) is 11.8 Å². The van der Waals surface area contributed by atoms with Gasteiger partial charge in [-0.05, 0) is 56.6 Å². The van der Waals surface area contributed by atoms with Crippen molar-refractivity contribution in [1.29, 1.82) is 0 Å². The Labute approximate surface area is 165 Å². The summed E-state index contributed by atoms with van der Waals surface area (Å²) in [6, 6.07) is 6.96. The van der Waals surface area contributed by atoms with Gasteiger partial charge in [-0.1, -0.05) is 11.6 Å². The molecule has 7 heteroatoms. The quantitative estimate of drug-likeness (QED) is 0.850. The summed E-state index contributed by atoms with van der Waals surface area (Å²) in [6.07, 6.45) is 2.37. The minimum atomic E-state index is -0.435. The van der Waals surface area contributed by atoms with Gasteiger partial charge in [0.1, 0.15) is 0 Å². The van der Waals surface area contributed by atoms with Crippen molar-refractivity contribution in [2.24, 2.45) is 5.41 Å². The van der Waals surface area contributed by atoms with E-state index in [2.05, 4.69) is 5.32 Å². The number of hydrogen-bond acceptors (Lipinski definition) is 4. The van der Waals surface area contributed by atoms with Crippen molar-refractivity contribution >= 4 is 23.4 Å². The molecule has 27 heavy (non-hydrogen) atoms. The summed E-state index contributed by atoms with van der Waals surface area (Å²) in [7, 11) is 1.66. The Kier molecular flexibility index (Phi) is 6.73. The molecule has 0 radical (unpaired) electrons. The highest BCUT2D eigenvalue weighted by molar-refractivity contribution is 6.30. The van der Waals surface area contributed by atoms with E-state index in [0.717, 1.165) is 32.4 Å². The lowest BCUT2D eigenvalue weighted by molar-refractivity contribution is -0.147. The number of ether oxygens (including phenoxy) is 1. The zero-order valence-corrected chi connectivity index (χ0v) is 16.6. The second-order valence-electron chi connectivity index (χ2n) is 7.41. The smallest absolute Gasteiger partial charge is 0.253 e. The van der Waals surface area contributed by atoms with E-state index < -0.39 is 5.41 Å². The van der Waals surface area contributed by atoms with E-state index >= 15 is 0 Å². The van der Waals surface area contributed by atoms with Gasteiger partial charge in [-0.2, -0.15) is 0 Å². The molecular weight excluding hydrogens is 366 g/mol. The number of nitrogens with zero attached hydrogens (tertiary/aromatic N) is 2. The van der Waals surface area contributed by atoms with Crippen LogP contribution in [0.3, 0.4) is 0 Å². The van der Waals surface area contributed by atoms with Crippen LogP contribution in [0.1, 0.15) is 29.6 Å². The first-order valence-corrected chi connectivity index (χ1v) is 9.97. The molecule has 1 aromatic carbocycles. The van der Waals surface area contributed by atoms with Gasteiger partial charge < -0.3 is 19.9 Å². The SMILES string of the molecule is COCC1(C(=O)N2CCCN(C(=O)c3ccc(Cl)cc3)CC2)CCNCC1. The lowest BCUT2D eigenvalue weighted by Crippen LogP contribution is -2.52. The number of carbonyl (C=O) groups excluding carboxylic acids is 2. The maximum Gasteiger partial charge on any atom is 0.253 e. The number of piperidine rings is 1. The number of nitrogens with one attached hydrogen (secondary N) is 1. The van der Waals surface area contributed by atoms with E-state index in [9.17, 15) is 9.59 Å². The van der Waals surface area contributed by atoms with Crippen molar-refractivity contribution in [2.45, 2.75) is 19.3 Å². The molecule has 0 unspecified atom stereocenters. The molecule has 1 aromatic rings. The average Bonchev–Trinajstić information content (AvgIpc) is 2.94. The van der Waals surface area contributed by atoms with E-state index in [1.54, 1.807) is 31.4 Å². The summed E-state index contributed by atoms with van der Waals surface area (Å²) in [5.41, 5.74) is 0.198. The first-order valence-electron chi connectivity index (χ1n) is 9.60. The minimum absolute atomic E-state index is 0.00515. The Balaban J connectivity index is 1.65.